The highest BCUT2D eigenvalue weighted by Gasteiger charge is 2.19. The molecule has 1 aromatic rings. The van der Waals surface area contributed by atoms with Crippen molar-refractivity contribution < 1.29 is 9.18 Å². The second-order valence-corrected chi connectivity index (χ2v) is 4.92. The smallest absolute Gasteiger partial charge is 0.238 e. The van der Waals surface area contributed by atoms with Gasteiger partial charge in [0, 0.05) is 6.04 Å². The minimum Gasteiger partial charge on any atom is -0.322 e. The standard InChI is InChI=1S/C14H20FN3O/c1-18(11-6-8-16-9-7-11)10-14(19)17-13-5-3-2-4-12(13)15/h2-5,11,16H,6-10H2,1H3,(H,17,19). The van der Waals surface area contributed by atoms with Gasteiger partial charge in [-0.25, -0.2) is 4.39 Å². The van der Waals surface area contributed by atoms with Gasteiger partial charge in [-0.05, 0) is 45.1 Å². The Balaban J connectivity index is 1.85. The summed E-state index contributed by atoms with van der Waals surface area (Å²) in [7, 11) is 1.94. The molecule has 0 aliphatic carbocycles. The molecule has 1 aromatic carbocycles. The highest BCUT2D eigenvalue weighted by Crippen LogP contribution is 2.13. The summed E-state index contributed by atoms with van der Waals surface area (Å²) in [5, 5.41) is 5.90. The number of nitrogens with zero attached hydrogens (tertiary/aromatic N) is 1. The zero-order valence-corrected chi connectivity index (χ0v) is 11.2. The van der Waals surface area contributed by atoms with Gasteiger partial charge in [0.2, 0.25) is 5.91 Å². The predicted molar refractivity (Wildman–Crippen MR) is 73.6 cm³/mol. The van der Waals surface area contributed by atoms with Crippen LogP contribution in [0.15, 0.2) is 24.3 Å². The number of amides is 1. The number of para-hydroxylation sites is 1. The van der Waals surface area contributed by atoms with Crippen LogP contribution >= 0.6 is 0 Å². The molecule has 1 aliphatic rings. The van der Waals surface area contributed by atoms with Gasteiger partial charge in [-0.3, -0.25) is 9.69 Å². The van der Waals surface area contributed by atoms with Crippen LogP contribution in [0.4, 0.5) is 10.1 Å². The van der Waals surface area contributed by atoms with Crippen LogP contribution in [-0.4, -0.2) is 43.5 Å². The fraction of sp³-hybridized carbons (Fsp3) is 0.500. The van der Waals surface area contributed by atoms with E-state index in [1.165, 1.54) is 6.07 Å². The predicted octanol–water partition coefficient (Wildman–Crippen LogP) is 1.45. The van der Waals surface area contributed by atoms with Crippen LogP contribution in [0.2, 0.25) is 0 Å². The summed E-state index contributed by atoms with van der Waals surface area (Å²) in [6, 6.07) is 6.64. The number of halogens is 1. The van der Waals surface area contributed by atoms with E-state index in [9.17, 15) is 9.18 Å². The summed E-state index contributed by atoms with van der Waals surface area (Å²) in [6.07, 6.45) is 2.09. The normalized spacial score (nSPS) is 16.6. The third-order valence-electron chi connectivity index (χ3n) is 3.47. The fourth-order valence-electron chi connectivity index (χ4n) is 2.36. The van der Waals surface area contributed by atoms with Gasteiger partial charge < -0.3 is 10.6 Å². The summed E-state index contributed by atoms with van der Waals surface area (Å²) < 4.78 is 13.4. The van der Waals surface area contributed by atoms with E-state index in [2.05, 4.69) is 10.6 Å². The zero-order chi connectivity index (χ0) is 13.7. The van der Waals surface area contributed by atoms with Gasteiger partial charge in [-0.2, -0.15) is 0 Å². The molecule has 1 fully saturated rings. The van der Waals surface area contributed by atoms with Crippen LogP contribution in [0.25, 0.3) is 0 Å². The second kappa shape index (κ2) is 6.63. The molecule has 2 rings (SSSR count). The van der Waals surface area contributed by atoms with Gasteiger partial charge in [-0.15, -0.1) is 0 Å². The summed E-state index contributed by atoms with van der Waals surface area (Å²) in [4.78, 5) is 13.9. The lowest BCUT2D eigenvalue weighted by atomic mass is 10.1. The first-order chi connectivity index (χ1) is 9.16. The maximum absolute atomic E-state index is 13.4. The molecule has 1 aliphatic heterocycles. The molecule has 4 nitrogen and oxygen atoms in total. The van der Waals surface area contributed by atoms with Gasteiger partial charge in [0.05, 0.1) is 12.2 Å². The van der Waals surface area contributed by atoms with Crippen LogP contribution in [0.1, 0.15) is 12.8 Å². The third-order valence-corrected chi connectivity index (χ3v) is 3.47. The first kappa shape index (κ1) is 14.0. The number of hydrogen-bond donors (Lipinski definition) is 2. The Morgan fingerprint density at radius 1 is 1.42 bits per heavy atom. The van der Waals surface area contributed by atoms with E-state index in [-0.39, 0.29) is 11.6 Å². The molecular formula is C14H20FN3O. The summed E-state index contributed by atoms with van der Waals surface area (Å²) in [6.45, 7) is 2.27. The number of carbonyl (C=O) groups excluding carboxylic acids is 1. The summed E-state index contributed by atoms with van der Waals surface area (Å²) >= 11 is 0. The highest BCUT2D eigenvalue weighted by atomic mass is 19.1. The van der Waals surface area contributed by atoms with E-state index in [4.69, 9.17) is 0 Å². The van der Waals surface area contributed by atoms with E-state index in [0.717, 1.165) is 25.9 Å². The molecule has 104 valence electrons. The lowest BCUT2D eigenvalue weighted by Gasteiger charge is -2.31. The topological polar surface area (TPSA) is 44.4 Å². The van der Waals surface area contributed by atoms with Gasteiger partial charge in [0.1, 0.15) is 5.82 Å². The molecule has 2 N–H and O–H groups in total. The van der Waals surface area contributed by atoms with E-state index in [0.29, 0.717) is 12.6 Å². The molecule has 5 heteroatoms. The average Bonchev–Trinajstić information content (AvgIpc) is 2.42. The van der Waals surface area contributed by atoms with Crippen LogP contribution in [0.3, 0.4) is 0 Å². The molecule has 0 radical (unpaired) electrons. The average molecular weight is 265 g/mol. The Labute approximate surface area is 113 Å². The van der Waals surface area contributed by atoms with E-state index in [1.54, 1.807) is 18.2 Å². The van der Waals surface area contributed by atoms with Crippen molar-refractivity contribution in [1.29, 1.82) is 0 Å². The molecule has 0 atom stereocenters. The highest BCUT2D eigenvalue weighted by molar-refractivity contribution is 5.92. The monoisotopic (exact) mass is 265 g/mol. The van der Waals surface area contributed by atoms with Crippen molar-refractivity contribution >= 4 is 11.6 Å². The molecule has 0 unspecified atom stereocenters. The van der Waals surface area contributed by atoms with Crippen LogP contribution in [0.5, 0.6) is 0 Å². The minimum atomic E-state index is -0.402. The molecule has 0 aromatic heterocycles. The van der Waals surface area contributed by atoms with Crippen molar-refractivity contribution in [1.82, 2.24) is 10.2 Å². The third kappa shape index (κ3) is 4.01. The maximum atomic E-state index is 13.4. The van der Waals surface area contributed by atoms with Crippen molar-refractivity contribution in [2.24, 2.45) is 0 Å². The first-order valence-electron chi connectivity index (χ1n) is 6.62. The Morgan fingerprint density at radius 3 is 2.79 bits per heavy atom. The number of piperidine rings is 1. The number of rotatable bonds is 4. The number of likely N-dealkylation sites (N-methyl/N-ethyl adjacent to an activating group) is 1. The van der Waals surface area contributed by atoms with E-state index in [1.807, 2.05) is 11.9 Å². The Morgan fingerprint density at radius 2 is 2.11 bits per heavy atom. The molecule has 1 saturated heterocycles. The number of carbonyl (C=O) groups is 1. The van der Waals surface area contributed by atoms with Crippen LogP contribution < -0.4 is 10.6 Å². The van der Waals surface area contributed by atoms with Crippen LogP contribution in [-0.2, 0) is 4.79 Å². The number of benzene rings is 1. The van der Waals surface area contributed by atoms with Crippen molar-refractivity contribution in [2.45, 2.75) is 18.9 Å². The summed E-state index contributed by atoms with van der Waals surface area (Å²) in [5.74, 6) is -0.577. The second-order valence-electron chi connectivity index (χ2n) is 4.92. The molecule has 0 bridgehead atoms. The summed E-state index contributed by atoms with van der Waals surface area (Å²) in [5.41, 5.74) is 0.242. The number of nitrogens with one attached hydrogen (secondary N) is 2. The number of anilines is 1. The Bertz CT molecular complexity index is 432. The first-order valence-corrected chi connectivity index (χ1v) is 6.62. The van der Waals surface area contributed by atoms with E-state index < -0.39 is 5.82 Å². The zero-order valence-electron chi connectivity index (χ0n) is 11.2. The van der Waals surface area contributed by atoms with Crippen molar-refractivity contribution in [3.8, 4) is 0 Å². The van der Waals surface area contributed by atoms with Crippen LogP contribution in [0, 0.1) is 5.82 Å². The number of hydrogen-bond acceptors (Lipinski definition) is 3. The van der Waals surface area contributed by atoms with Gasteiger partial charge in [0.25, 0.3) is 0 Å². The molecule has 19 heavy (non-hydrogen) atoms. The van der Waals surface area contributed by atoms with Crippen molar-refractivity contribution in [2.75, 3.05) is 32.0 Å². The van der Waals surface area contributed by atoms with Gasteiger partial charge in [-0.1, -0.05) is 12.1 Å². The SMILES string of the molecule is CN(CC(=O)Nc1ccccc1F)C1CCNCC1. The Hall–Kier alpha value is -1.46. The molecule has 0 saturated carbocycles. The Kier molecular flexibility index (Phi) is 4.87. The van der Waals surface area contributed by atoms with E-state index >= 15 is 0 Å². The molecule has 0 spiro atoms. The maximum Gasteiger partial charge on any atom is 0.238 e. The molecule has 1 amide bonds. The van der Waals surface area contributed by atoms with Gasteiger partial charge >= 0.3 is 0 Å². The van der Waals surface area contributed by atoms with Crippen molar-refractivity contribution in [3.63, 3.8) is 0 Å². The molecule has 1 heterocycles. The fourth-order valence-corrected chi connectivity index (χ4v) is 2.36. The molecular weight excluding hydrogens is 245 g/mol. The lowest BCUT2D eigenvalue weighted by Crippen LogP contribution is -2.44. The lowest BCUT2D eigenvalue weighted by molar-refractivity contribution is -0.117. The van der Waals surface area contributed by atoms with Crippen molar-refractivity contribution in [3.05, 3.63) is 30.1 Å². The van der Waals surface area contributed by atoms with Gasteiger partial charge in [0.15, 0.2) is 0 Å². The minimum absolute atomic E-state index is 0.175. The largest absolute Gasteiger partial charge is 0.322 e. The quantitative estimate of drug-likeness (QED) is 0.866.